The molecule has 0 unspecified atom stereocenters. The van der Waals surface area contributed by atoms with Gasteiger partial charge in [-0.25, -0.2) is 9.82 Å². The lowest BCUT2D eigenvalue weighted by Gasteiger charge is -2.27. The average Bonchev–Trinajstić information content (AvgIpc) is 3.05. The molecular formula is C23H19F8N3O. The summed E-state index contributed by atoms with van der Waals surface area (Å²) in [7, 11) is 0. The van der Waals surface area contributed by atoms with Crippen molar-refractivity contribution in [2.45, 2.75) is 38.6 Å². The maximum absolute atomic E-state index is 13.3. The van der Waals surface area contributed by atoms with Crippen LogP contribution in [0.25, 0.3) is 5.69 Å². The van der Waals surface area contributed by atoms with Crippen LogP contribution in [-0.4, -0.2) is 28.9 Å². The molecule has 1 heterocycles. The zero-order valence-electron chi connectivity index (χ0n) is 18.3. The van der Waals surface area contributed by atoms with Crippen LogP contribution in [0.4, 0.5) is 35.1 Å². The number of aromatic nitrogens is 1. The van der Waals surface area contributed by atoms with Crippen LogP contribution in [0.3, 0.4) is 0 Å². The summed E-state index contributed by atoms with van der Waals surface area (Å²) in [4.78, 5) is 0. The van der Waals surface area contributed by atoms with E-state index in [-0.39, 0.29) is 18.0 Å². The minimum absolute atomic E-state index is 0.143. The Balaban J connectivity index is 1.72. The fraction of sp³-hybridized carbons (Fsp3) is 0.261. The molecule has 35 heavy (non-hydrogen) atoms. The number of nitrogens with zero attached hydrogens (tertiary/aromatic N) is 2. The number of benzene rings is 2. The third kappa shape index (κ3) is 5.57. The highest BCUT2D eigenvalue weighted by atomic mass is 19.4. The van der Waals surface area contributed by atoms with Crippen molar-refractivity contribution in [1.82, 2.24) is 9.99 Å². The topological polar surface area (TPSA) is 38.5 Å². The Kier molecular flexibility index (Phi) is 7.13. The highest BCUT2D eigenvalue weighted by Crippen LogP contribution is 2.45. The first kappa shape index (κ1) is 26.0. The number of nitrogens with one attached hydrogen (secondary N) is 1. The Morgan fingerprint density at radius 2 is 1.60 bits per heavy atom. The molecule has 1 N–H and O–H groups in total. The Hall–Kier alpha value is -3.57. The highest BCUT2D eigenvalue weighted by molar-refractivity contribution is 5.82. The van der Waals surface area contributed by atoms with Gasteiger partial charge in [-0.15, -0.1) is 0 Å². The van der Waals surface area contributed by atoms with Gasteiger partial charge < -0.3 is 9.30 Å². The van der Waals surface area contributed by atoms with Gasteiger partial charge in [0.25, 0.3) is 0 Å². The summed E-state index contributed by atoms with van der Waals surface area (Å²) >= 11 is 0. The molecule has 188 valence electrons. The van der Waals surface area contributed by atoms with Crippen molar-refractivity contribution in [3.05, 3.63) is 82.9 Å². The van der Waals surface area contributed by atoms with E-state index in [4.69, 9.17) is 4.74 Å². The van der Waals surface area contributed by atoms with E-state index in [1.54, 1.807) is 54.8 Å². The maximum atomic E-state index is 13.3. The summed E-state index contributed by atoms with van der Waals surface area (Å²) in [5.41, 5.74) is 3.18. The summed E-state index contributed by atoms with van der Waals surface area (Å²) in [6, 6.07) is 8.48. The van der Waals surface area contributed by atoms with E-state index in [2.05, 4.69) is 5.10 Å². The van der Waals surface area contributed by atoms with Gasteiger partial charge in [-0.1, -0.05) is 12.1 Å². The lowest BCUT2D eigenvalue weighted by Crippen LogP contribution is -2.58. The van der Waals surface area contributed by atoms with Crippen LogP contribution in [0, 0.1) is 19.7 Å². The quantitative estimate of drug-likeness (QED) is 0.164. The van der Waals surface area contributed by atoms with Gasteiger partial charge in [-0.2, -0.15) is 35.8 Å². The number of hydrazone groups is 1. The lowest BCUT2D eigenvalue weighted by molar-refractivity contribution is -0.361. The van der Waals surface area contributed by atoms with E-state index in [1.165, 1.54) is 18.2 Å². The van der Waals surface area contributed by atoms with Gasteiger partial charge in [0.15, 0.2) is 0 Å². The number of rotatable bonds is 8. The van der Waals surface area contributed by atoms with E-state index in [0.717, 1.165) is 6.21 Å². The molecule has 0 atom stereocenters. The highest BCUT2D eigenvalue weighted by Gasteiger charge is 2.73. The molecule has 0 aliphatic heterocycles. The summed E-state index contributed by atoms with van der Waals surface area (Å²) in [6.45, 7) is 3.41. The molecule has 0 bridgehead atoms. The normalized spacial score (nSPS) is 12.9. The van der Waals surface area contributed by atoms with E-state index < -0.39 is 18.1 Å². The van der Waals surface area contributed by atoms with Crippen LogP contribution >= 0.6 is 0 Å². The largest absolute Gasteiger partial charge is 0.489 e. The molecule has 0 spiro atoms. The Morgan fingerprint density at radius 3 is 2.20 bits per heavy atom. The van der Waals surface area contributed by atoms with Crippen molar-refractivity contribution in [2.24, 2.45) is 5.10 Å². The molecule has 12 heteroatoms. The smallest absolute Gasteiger partial charge is 0.462 e. The number of alkyl halides is 7. The third-order valence-corrected chi connectivity index (χ3v) is 5.02. The average molecular weight is 505 g/mol. The van der Waals surface area contributed by atoms with Crippen molar-refractivity contribution in [2.75, 3.05) is 0 Å². The van der Waals surface area contributed by atoms with Crippen LogP contribution in [0.5, 0.6) is 5.75 Å². The zero-order valence-corrected chi connectivity index (χ0v) is 18.3. The molecule has 0 saturated heterocycles. The van der Waals surface area contributed by atoms with Gasteiger partial charge in [0.1, 0.15) is 18.2 Å². The zero-order chi connectivity index (χ0) is 26.0. The van der Waals surface area contributed by atoms with E-state index in [1.807, 2.05) is 0 Å². The molecule has 0 saturated carbocycles. The number of hydrogen-bond donors (Lipinski definition) is 1. The fourth-order valence-corrected chi connectivity index (χ4v) is 3.23. The Labute approximate surface area is 194 Å². The van der Waals surface area contributed by atoms with Gasteiger partial charge in [0.05, 0.1) is 6.21 Å². The molecular weight excluding hydrogens is 486 g/mol. The molecule has 4 nitrogen and oxygen atoms in total. The fourth-order valence-electron chi connectivity index (χ4n) is 3.23. The van der Waals surface area contributed by atoms with Gasteiger partial charge >= 0.3 is 18.1 Å². The van der Waals surface area contributed by atoms with Crippen LogP contribution < -0.4 is 10.2 Å². The molecule has 0 fully saturated rings. The third-order valence-electron chi connectivity index (χ3n) is 5.02. The second-order valence-corrected chi connectivity index (χ2v) is 7.59. The van der Waals surface area contributed by atoms with Gasteiger partial charge in [0, 0.05) is 22.6 Å². The predicted octanol–water partition coefficient (Wildman–Crippen LogP) is 6.53. The van der Waals surface area contributed by atoms with Crippen LogP contribution in [0.15, 0.2) is 59.7 Å². The summed E-state index contributed by atoms with van der Waals surface area (Å²) in [5.74, 6) is -6.20. The molecule has 1 aromatic heterocycles. The van der Waals surface area contributed by atoms with E-state index in [0.29, 0.717) is 33.8 Å². The molecule has 0 aliphatic rings. The molecule has 0 radical (unpaired) electrons. The van der Waals surface area contributed by atoms with E-state index >= 15 is 0 Å². The first-order valence-electron chi connectivity index (χ1n) is 10.0. The monoisotopic (exact) mass is 505 g/mol. The van der Waals surface area contributed by atoms with Crippen molar-refractivity contribution in [3.63, 3.8) is 0 Å². The number of hydrogen-bond acceptors (Lipinski definition) is 3. The first-order valence-corrected chi connectivity index (χ1v) is 10.0. The minimum Gasteiger partial charge on any atom is -0.489 e. The van der Waals surface area contributed by atoms with Crippen molar-refractivity contribution in [3.8, 4) is 11.4 Å². The molecule has 0 aliphatic carbocycles. The molecule has 3 rings (SSSR count). The second-order valence-electron chi connectivity index (χ2n) is 7.59. The lowest BCUT2D eigenvalue weighted by atomic mass is 10.2. The van der Waals surface area contributed by atoms with Crippen molar-refractivity contribution < 1.29 is 39.9 Å². The number of halogens is 8. The first-order chi connectivity index (χ1) is 16.2. The maximum Gasteiger partial charge on any atom is 0.462 e. The Bertz CT molecular complexity index is 1200. The van der Waals surface area contributed by atoms with Gasteiger partial charge in [-0.05, 0) is 61.9 Å². The molecule has 2 aromatic carbocycles. The SMILES string of the molecule is Cc1cc(/C=N\NC(F)(F)C(F)(F)C(F)(F)F)c(C)n1-c1ccc(OCc2cccc(F)c2)cc1. The van der Waals surface area contributed by atoms with Crippen LogP contribution in [-0.2, 0) is 6.61 Å². The summed E-state index contributed by atoms with van der Waals surface area (Å²) in [6.07, 6.45) is -5.72. The minimum atomic E-state index is -6.46. The summed E-state index contributed by atoms with van der Waals surface area (Å²) in [5, 5.41) is 2.91. The number of aryl methyl sites for hydroxylation is 1. The predicted molar refractivity (Wildman–Crippen MR) is 113 cm³/mol. The molecule has 3 aromatic rings. The Morgan fingerprint density at radius 1 is 0.943 bits per heavy atom. The van der Waals surface area contributed by atoms with Gasteiger partial charge in [-0.3, -0.25) is 0 Å². The van der Waals surface area contributed by atoms with Crippen molar-refractivity contribution >= 4 is 6.21 Å². The van der Waals surface area contributed by atoms with Crippen LogP contribution in [0.2, 0.25) is 0 Å². The summed E-state index contributed by atoms with van der Waals surface area (Å²) < 4.78 is 110. The second kappa shape index (κ2) is 9.59. The van der Waals surface area contributed by atoms with E-state index in [9.17, 15) is 35.1 Å². The number of ether oxygens (including phenoxy) is 1. The van der Waals surface area contributed by atoms with Gasteiger partial charge in [0.2, 0.25) is 0 Å². The van der Waals surface area contributed by atoms with Crippen molar-refractivity contribution in [1.29, 1.82) is 0 Å². The molecule has 0 amide bonds. The van der Waals surface area contributed by atoms with Crippen LogP contribution in [0.1, 0.15) is 22.5 Å². The standard InChI is InChI=1S/C23H19F8N3O/c1-14-10-17(12-32-33-23(30,31)21(25,26)22(27,28)29)15(2)34(14)19-6-8-20(9-7-19)35-13-16-4-3-5-18(24)11-16/h3-12,33H,13H2,1-2H3/b32-12-.